The number of carbonyl (C=O) groups is 4. The van der Waals surface area contributed by atoms with E-state index >= 15 is 0 Å². The lowest BCUT2D eigenvalue weighted by Crippen LogP contribution is -2.54. The lowest BCUT2D eigenvalue weighted by molar-refractivity contribution is -0.138. The molecule has 2 atom stereocenters. The lowest BCUT2D eigenvalue weighted by atomic mass is 10.0. The van der Waals surface area contributed by atoms with Crippen molar-refractivity contribution in [1.29, 1.82) is 0 Å². The molecule has 0 aromatic heterocycles. The van der Waals surface area contributed by atoms with Crippen molar-refractivity contribution in [3.8, 4) is 0 Å². The van der Waals surface area contributed by atoms with Crippen LogP contribution < -0.4 is 21.7 Å². The summed E-state index contributed by atoms with van der Waals surface area (Å²) in [5.41, 5.74) is 7.73. The number of aliphatic carboxylic acids is 1. The molecule has 0 bridgehead atoms. The van der Waals surface area contributed by atoms with Gasteiger partial charge in [0, 0.05) is 6.42 Å². The summed E-state index contributed by atoms with van der Waals surface area (Å²) in [6.45, 7) is -0.962. The zero-order chi connectivity index (χ0) is 22.6. The fourth-order valence-corrected chi connectivity index (χ4v) is 2.83. The van der Waals surface area contributed by atoms with Crippen LogP contribution in [0.25, 0.3) is 0 Å². The van der Waals surface area contributed by atoms with Crippen molar-refractivity contribution < 1.29 is 24.3 Å². The number of nitrogens with one attached hydrogen (secondary N) is 3. The van der Waals surface area contributed by atoms with E-state index in [1.807, 2.05) is 60.7 Å². The number of hydrogen-bond acceptors (Lipinski definition) is 5. The van der Waals surface area contributed by atoms with Crippen LogP contribution in [0.4, 0.5) is 0 Å². The predicted molar refractivity (Wildman–Crippen MR) is 114 cm³/mol. The SMILES string of the molecule is NC(Cc1ccccc1)C(=O)NC(Cc1ccccc1)C(=O)NCC(=O)NCC(=O)O. The van der Waals surface area contributed by atoms with E-state index in [0.717, 1.165) is 11.1 Å². The van der Waals surface area contributed by atoms with Crippen molar-refractivity contribution in [2.75, 3.05) is 13.1 Å². The molecule has 0 heterocycles. The zero-order valence-corrected chi connectivity index (χ0v) is 16.9. The highest BCUT2D eigenvalue weighted by Crippen LogP contribution is 2.06. The van der Waals surface area contributed by atoms with Gasteiger partial charge < -0.3 is 26.8 Å². The minimum atomic E-state index is -1.19. The van der Waals surface area contributed by atoms with Gasteiger partial charge in [0.1, 0.15) is 12.6 Å². The number of amides is 3. The number of benzene rings is 2. The molecule has 2 aromatic carbocycles. The quantitative estimate of drug-likeness (QED) is 0.330. The summed E-state index contributed by atoms with van der Waals surface area (Å²) in [4.78, 5) is 47.4. The van der Waals surface area contributed by atoms with Gasteiger partial charge in [-0.2, -0.15) is 0 Å². The van der Waals surface area contributed by atoms with E-state index in [9.17, 15) is 19.2 Å². The van der Waals surface area contributed by atoms with E-state index in [4.69, 9.17) is 10.8 Å². The molecule has 164 valence electrons. The molecular weight excluding hydrogens is 400 g/mol. The van der Waals surface area contributed by atoms with Crippen LogP contribution in [0.15, 0.2) is 60.7 Å². The second-order valence-electron chi connectivity index (χ2n) is 6.94. The summed E-state index contributed by atoms with van der Waals surface area (Å²) in [5, 5.41) is 15.8. The molecular formula is C22H26N4O5. The lowest BCUT2D eigenvalue weighted by Gasteiger charge is -2.21. The summed E-state index contributed by atoms with van der Waals surface area (Å²) in [6.07, 6.45) is 0.511. The standard InChI is InChI=1S/C22H26N4O5/c23-17(11-15-7-3-1-4-8-15)21(30)26-18(12-16-9-5-2-6-10-16)22(31)25-13-19(27)24-14-20(28)29/h1-10,17-18H,11-14,23H2,(H,24,27)(H,25,31)(H,26,30)(H,28,29). The molecule has 3 amide bonds. The van der Waals surface area contributed by atoms with Crippen molar-refractivity contribution >= 4 is 23.7 Å². The number of carbonyl (C=O) groups excluding carboxylic acids is 3. The summed E-state index contributed by atoms with van der Waals surface area (Å²) in [6, 6.07) is 16.6. The molecule has 0 radical (unpaired) electrons. The summed E-state index contributed by atoms with van der Waals surface area (Å²) < 4.78 is 0. The third-order valence-corrected chi connectivity index (χ3v) is 4.41. The molecule has 31 heavy (non-hydrogen) atoms. The molecule has 2 aromatic rings. The van der Waals surface area contributed by atoms with E-state index in [0.29, 0.717) is 6.42 Å². The van der Waals surface area contributed by atoms with Gasteiger partial charge in [0.15, 0.2) is 0 Å². The minimum Gasteiger partial charge on any atom is -0.480 e. The van der Waals surface area contributed by atoms with Gasteiger partial charge in [-0.3, -0.25) is 19.2 Å². The van der Waals surface area contributed by atoms with Crippen molar-refractivity contribution in [1.82, 2.24) is 16.0 Å². The maximum Gasteiger partial charge on any atom is 0.322 e. The first kappa shape index (κ1) is 23.6. The topological polar surface area (TPSA) is 151 Å². The molecule has 6 N–H and O–H groups in total. The average molecular weight is 426 g/mol. The molecule has 9 heteroatoms. The Balaban J connectivity index is 2.00. The summed E-state index contributed by atoms with van der Waals surface area (Å²) in [5.74, 6) is -2.91. The Bertz CT molecular complexity index is 889. The van der Waals surface area contributed by atoms with Crippen LogP contribution in [-0.2, 0) is 32.0 Å². The first-order chi connectivity index (χ1) is 14.8. The van der Waals surface area contributed by atoms with Gasteiger partial charge in [-0.25, -0.2) is 0 Å². The van der Waals surface area contributed by atoms with E-state index < -0.39 is 48.9 Å². The van der Waals surface area contributed by atoms with Gasteiger partial charge in [-0.05, 0) is 17.5 Å². The molecule has 0 aliphatic rings. The van der Waals surface area contributed by atoms with Crippen LogP contribution >= 0.6 is 0 Å². The van der Waals surface area contributed by atoms with Crippen LogP contribution in [0.1, 0.15) is 11.1 Å². The Morgan fingerprint density at radius 1 is 0.774 bits per heavy atom. The maximum absolute atomic E-state index is 12.6. The van der Waals surface area contributed by atoms with E-state index in [2.05, 4.69) is 16.0 Å². The first-order valence-corrected chi connectivity index (χ1v) is 9.75. The van der Waals surface area contributed by atoms with Crippen LogP contribution in [0.3, 0.4) is 0 Å². The number of rotatable bonds is 11. The van der Waals surface area contributed by atoms with Crippen LogP contribution in [0, 0.1) is 0 Å². The molecule has 0 spiro atoms. The van der Waals surface area contributed by atoms with Gasteiger partial charge in [-0.15, -0.1) is 0 Å². The molecule has 0 saturated heterocycles. The van der Waals surface area contributed by atoms with Crippen LogP contribution in [0.2, 0.25) is 0 Å². The predicted octanol–water partition coefficient (Wildman–Crippen LogP) is -0.399. The third kappa shape index (κ3) is 8.67. The Labute approximate surface area is 180 Å². The maximum atomic E-state index is 12.6. The zero-order valence-electron chi connectivity index (χ0n) is 16.9. The van der Waals surface area contributed by atoms with Crippen molar-refractivity contribution in [3.63, 3.8) is 0 Å². The first-order valence-electron chi connectivity index (χ1n) is 9.75. The number of carboxylic acid groups (broad SMARTS) is 1. The van der Waals surface area contributed by atoms with E-state index in [1.54, 1.807) is 0 Å². The highest BCUT2D eigenvalue weighted by molar-refractivity contribution is 5.92. The smallest absolute Gasteiger partial charge is 0.322 e. The average Bonchev–Trinajstić information content (AvgIpc) is 2.76. The molecule has 2 rings (SSSR count). The second-order valence-corrected chi connectivity index (χ2v) is 6.94. The van der Waals surface area contributed by atoms with Crippen LogP contribution in [-0.4, -0.2) is 54.0 Å². The molecule has 0 fully saturated rings. The van der Waals surface area contributed by atoms with Gasteiger partial charge in [0.25, 0.3) is 0 Å². The molecule has 0 saturated carbocycles. The van der Waals surface area contributed by atoms with Gasteiger partial charge in [0.2, 0.25) is 17.7 Å². The highest BCUT2D eigenvalue weighted by atomic mass is 16.4. The molecule has 0 aliphatic heterocycles. The van der Waals surface area contributed by atoms with Crippen molar-refractivity contribution in [2.45, 2.75) is 24.9 Å². The second kappa shape index (κ2) is 12.1. The fraction of sp³-hybridized carbons (Fsp3) is 0.273. The van der Waals surface area contributed by atoms with E-state index in [-0.39, 0.29) is 6.42 Å². The Kier molecular flexibility index (Phi) is 9.18. The van der Waals surface area contributed by atoms with Crippen molar-refractivity contribution in [3.05, 3.63) is 71.8 Å². The monoisotopic (exact) mass is 426 g/mol. The molecule has 0 aliphatic carbocycles. The van der Waals surface area contributed by atoms with Crippen LogP contribution in [0.5, 0.6) is 0 Å². The largest absolute Gasteiger partial charge is 0.480 e. The summed E-state index contributed by atoms with van der Waals surface area (Å²) in [7, 11) is 0. The van der Waals surface area contributed by atoms with E-state index in [1.165, 1.54) is 0 Å². The highest BCUT2D eigenvalue weighted by Gasteiger charge is 2.24. The normalized spacial score (nSPS) is 12.3. The third-order valence-electron chi connectivity index (χ3n) is 4.41. The molecule has 2 unspecified atom stereocenters. The van der Waals surface area contributed by atoms with Gasteiger partial charge in [-0.1, -0.05) is 60.7 Å². The Hall–Kier alpha value is -3.72. The number of carboxylic acids is 1. The minimum absolute atomic E-state index is 0.202. The number of hydrogen-bond donors (Lipinski definition) is 5. The number of nitrogens with two attached hydrogens (primary N) is 1. The fourth-order valence-electron chi connectivity index (χ4n) is 2.83. The molecule has 9 nitrogen and oxygen atoms in total. The van der Waals surface area contributed by atoms with Gasteiger partial charge in [0.05, 0.1) is 12.6 Å². The van der Waals surface area contributed by atoms with Gasteiger partial charge >= 0.3 is 5.97 Å². The summed E-state index contributed by atoms with van der Waals surface area (Å²) >= 11 is 0. The Morgan fingerprint density at radius 2 is 1.32 bits per heavy atom. The Morgan fingerprint density at radius 3 is 1.87 bits per heavy atom. The van der Waals surface area contributed by atoms with Crippen molar-refractivity contribution in [2.24, 2.45) is 5.73 Å².